The van der Waals surface area contributed by atoms with Crippen LogP contribution < -0.4 is 20.4 Å². The lowest BCUT2D eigenvalue weighted by Gasteiger charge is -2.43. The number of halogens is 2. The van der Waals surface area contributed by atoms with Crippen LogP contribution in [0.15, 0.2) is 116 Å². The van der Waals surface area contributed by atoms with Crippen LogP contribution in [0.1, 0.15) is 76.0 Å². The van der Waals surface area contributed by atoms with E-state index in [4.69, 9.17) is 32.4 Å². The number of hydrogen-bond acceptors (Lipinski definition) is 4. The van der Waals surface area contributed by atoms with E-state index in [1.807, 2.05) is 24.5 Å². The summed E-state index contributed by atoms with van der Waals surface area (Å²) in [5, 5.41) is 7.94. The van der Waals surface area contributed by atoms with Gasteiger partial charge >= 0.3 is 0 Å². The van der Waals surface area contributed by atoms with Gasteiger partial charge in [0.25, 0.3) is 8.32 Å². The topological polar surface area (TPSA) is 43.4 Å². The largest absolute Gasteiger partial charge is 0.490 e. The Morgan fingerprint density at radius 3 is 2.06 bits per heavy atom. The lowest BCUT2D eigenvalue weighted by molar-refractivity contribution is 0.288. The van der Waals surface area contributed by atoms with Crippen molar-refractivity contribution in [1.82, 2.24) is 10.3 Å². The van der Waals surface area contributed by atoms with Gasteiger partial charge in [0.15, 0.2) is 0 Å². The predicted molar refractivity (Wildman–Crippen MR) is 214 cm³/mol. The fourth-order valence-corrected chi connectivity index (χ4v) is 12.6. The van der Waals surface area contributed by atoms with E-state index < -0.39 is 8.32 Å². The molecule has 0 radical (unpaired) electrons. The van der Waals surface area contributed by atoms with Crippen LogP contribution in [0.3, 0.4) is 0 Å². The lowest BCUT2D eigenvalue weighted by Crippen LogP contribution is -2.66. The quantitative estimate of drug-likeness (QED) is 0.0859. The summed E-state index contributed by atoms with van der Waals surface area (Å²) in [7, 11) is -2.54. The van der Waals surface area contributed by atoms with Crippen LogP contribution in [0.4, 0.5) is 0 Å². The minimum atomic E-state index is -2.54. The standard InChI is InChI=1S/C44H48Cl2N2O2Si/c1-43(2,3)51(35-15-6-4-7-16-35,36-17-8-5-9-18-36)49-27-13-12-14-32-28-41(46)33(29-40(32)45)30-48-44(24-25-44)39-31-47-26-23-37(39)38-19-10-11-20-42(38)50-34-21-22-34/h4-11,15-20,23,26,28-29,31,34,48H,12-14,21-22,24-25,27,30H2,1-3H3. The summed E-state index contributed by atoms with van der Waals surface area (Å²) in [6.07, 6.45) is 11.3. The van der Waals surface area contributed by atoms with E-state index in [0.29, 0.717) is 19.3 Å². The molecule has 2 aliphatic rings. The molecule has 264 valence electrons. The number of nitrogens with one attached hydrogen (secondary N) is 1. The average Bonchev–Trinajstić information content (AvgIpc) is 4.09. The molecule has 1 heterocycles. The molecule has 1 aromatic heterocycles. The Balaban J connectivity index is 0.999. The zero-order valence-corrected chi connectivity index (χ0v) is 32.4. The van der Waals surface area contributed by atoms with Gasteiger partial charge in [0.05, 0.1) is 6.10 Å². The zero-order valence-electron chi connectivity index (χ0n) is 29.9. The second kappa shape index (κ2) is 15.3. The molecule has 0 unspecified atom stereocenters. The van der Waals surface area contributed by atoms with E-state index in [9.17, 15) is 0 Å². The second-order valence-electron chi connectivity index (χ2n) is 15.2. The van der Waals surface area contributed by atoms with Gasteiger partial charge in [-0.1, -0.05) is 123 Å². The van der Waals surface area contributed by atoms with Crippen molar-refractivity contribution in [2.75, 3.05) is 6.61 Å². The molecule has 0 bridgehead atoms. The third kappa shape index (κ3) is 7.84. The number of pyridine rings is 1. The number of unbranched alkanes of at least 4 members (excludes halogenated alkanes) is 1. The van der Waals surface area contributed by atoms with Crippen molar-refractivity contribution >= 4 is 41.9 Å². The third-order valence-electron chi connectivity index (χ3n) is 10.5. The summed E-state index contributed by atoms with van der Waals surface area (Å²) in [5.41, 5.74) is 5.43. The van der Waals surface area contributed by atoms with E-state index in [-0.39, 0.29) is 10.6 Å². The highest BCUT2D eigenvalue weighted by atomic mass is 35.5. The molecule has 0 saturated heterocycles. The van der Waals surface area contributed by atoms with E-state index in [2.05, 4.69) is 122 Å². The fourth-order valence-electron chi connectivity index (χ4n) is 7.46. The number of hydrogen-bond donors (Lipinski definition) is 1. The number of nitrogens with zero attached hydrogens (tertiary/aromatic N) is 1. The van der Waals surface area contributed by atoms with Crippen LogP contribution in [0.5, 0.6) is 5.75 Å². The van der Waals surface area contributed by atoms with Gasteiger partial charge in [0, 0.05) is 46.7 Å². The number of aromatic nitrogens is 1. The van der Waals surface area contributed by atoms with Crippen LogP contribution in [-0.2, 0) is 22.9 Å². The minimum Gasteiger partial charge on any atom is -0.490 e. The van der Waals surface area contributed by atoms with Gasteiger partial charge in [-0.2, -0.15) is 0 Å². The minimum absolute atomic E-state index is 0.0387. The first-order valence-electron chi connectivity index (χ1n) is 18.4. The van der Waals surface area contributed by atoms with Gasteiger partial charge < -0.3 is 14.5 Å². The maximum absolute atomic E-state index is 7.11. The molecule has 0 amide bonds. The highest BCUT2D eigenvalue weighted by molar-refractivity contribution is 6.99. The Morgan fingerprint density at radius 1 is 0.784 bits per heavy atom. The smallest absolute Gasteiger partial charge is 0.261 e. The summed E-state index contributed by atoms with van der Waals surface area (Å²) < 4.78 is 13.4. The van der Waals surface area contributed by atoms with Gasteiger partial charge in [0.2, 0.25) is 0 Å². The van der Waals surface area contributed by atoms with Crippen LogP contribution in [0, 0.1) is 0 Å². The Morgan fingerprint density at radius 2 is 1.41 bits per heavy atom. The summed E-state index contributed by atoms with van der Waals surface area (Å²) in [4.78, 5) is 4.54. The average molecular weight is 736 g/mol. The maximum atomic E-state index is 7.11. The first-order valence-corrected chi connectivity index (χ1v) is 21.0. The van der Waals surface area contributed by atoms with Crippen LogP contribution in [0.2, 0.25) is 15.1 Å². The molecule has 4 nitrogen and oxygen atoms in total. The Hall–Kier alpha value is -3.45. The monoisotopic (exact) mass is 734 g/mol. The fraction of sp³-hybridized carbons (Fsp3) is 0.341. The molecule has 7 rings (SSSR count). The molecule has 2 aliphatic carbocycles. The summed E-state index contributed by atoms with van der Waals surface area (Å²) >= 11 is 13.9. The molecular formula is C44H48Cl2N2O2Si. The van der Waals surface area contributed by atoms with Crippen LogP contribution in [0.25, 0.3) is 11.1 Å². The summed E-state index contributed by atoms with van der Waals surface area (Å²) in [6, 6.07) is 36.3. The predicted octanol–water partition coefficient (Wildman–Crippen LogP) is 10.3. The van der Waals surface area contributed by atoms with E-state index in [1.54, 1.807) is 0 Å². The molecule has 0 spiro atoms. The Labute approximate surface area is 314 Å². The first-order chi connectivity index (χ1) is 24.7. The molecule has 5 aromatic rings. The van der Waals surface area contributed by atoms with Crippen molar-refractivity contribution in [2.24, 2.45) is 0 Å². The Kier molecular flexibility index (Phi) is 10.8. The van der Waals surface area contributed by atoms with Gasteiger partial charge in [-0.05, 0) is 107 Å². The van der Waals surface area contributed by atoms with Crippen LogP contribution in [-0.4, -0.2) is 26.0 Å². The SMILES string of the molecule is CC(C)(C)[Si](OCCCCc1cc(Cl)c(CNC2(c3cnccc3-c3ccccc3OC3CC3)CC2)cc1Cl)(c1ccccc1)c1ccccc1. The van der Waals surface area contributed by atoms with Crippen molar-refractivity contribution in [2.45, 2.75) is 88.9 Å². The summed E-state index contributed by atoms with van der Waals surface area (Å²) in [5.74, 6) is 0.947. The molecule has 2 saturated carbocycles. The molecule has 7 heteroatoms. The highest BCUT2D eigenvalue weighted by Gasteiger charge is 2.50. The highest BCUT2D eigenvalue weighted by Crippen LogP contribution is 2.50. The molecule has 4 aromatic carbocycles. The second-order valence-corrected chi connectivity index (χ2v) is 20.3. The van der Waals surface area contributed by atoms with Crippen molar-refractivity contribution in [1.29, 1.82) is 0 Å². The normalized spacial score (nSPS) is 15.5. The van der Waals surface area contributed by atoms with E-state index in [0.717, 1.165) is 77.4 Å². The molecule has 2 fully saturated rings. The van der Waals surface area contributed by atoms with Gasteiger partial charge in [-0.15, -0.1) is 0 Å². The molecule has 1 N–H and O–H groups in total. The zero-order chi connectivity index (χ0) is 35.5. The molecule has 0 atom stereocenters. The maximum Gasteiger partial charge on any atom is 0.261 e. The van der Waals surface area contributed by atoms with Crippen molar-refractivity contribution in [3.05, 3.63) is 142 Å². The molecule has 51 heavy (non-hydrogen) atoms. The molecule has 0 aliphatic heterocycles. The number of rotatable bonds is 15. The van der Waals surface area contributed by atoms with Crippen LogP contribution >= 0.6 is 23.2 Å². The third-order valence-corrected chi connectivity index (χ3v) is 16.2. The van der Waals surface area contributed by atoms with E-state index in [1.165, 1.54) is 21.5 Å². The van der Waals surface area contributed by atoms with Crippen molar-refractivity contribution in [3.63, 3.8) is 0 Å². The van der Waals surface area contributed by atoms with Gasteiger partial charge in [-0.25, -0.2) is 0 Å². The Bertz CT molecular complexity index is 1900. The number of para-hydroxylation sites is 1. The molecular weight excluding hydrogens is 687 g/mol. The van der Waals surface area contributed by atoms with Gasteiger partial charge in [-0.3, -0.25) is 4.98 Å². The van der Waals surface area contributed by atoms with Crippen molar-refractivity contribution < 1.29 is 9.16 Å². The first kappa shape index (κ1) is 35.9. The number of aryl methyl sites for hydroxylation is 1. The number of ether oxygens (including phenoxy) is 1. The van der Waals surface area contributed by atoms with Crippen molar-refractivity contribution in [3.8, 4) is 16.9 Å². The lowest BCUT2D eigenvalue weighted by atomic mass is 9.94. The van der Waals surface area contributed by atoms with E-state index >= 15 is 0 Å². The summed E-state index contributed by atoms with van der Waals surface area (Å²) in [6.45, 7) is 8.28. The number of benzene rings is 4. The van der Waals surface area contributed by atoms with Gasteiger partial charge in [0.1, 0.15) is 5.75 Å².